The Bertz CT molecular complexity index is 655. The molecule has 2 aromatic rings. The van der Waals surface area contributed by atoms with Gasteiger partial charge < -0.3 is 5.32 Å². The van der Waals surface area contributed by atoms with Crippen LogP contribution < -0.4 is 5.32 Å². The van der Waals surface area contributed by atoms with Crippen LogP contribution in [0.1, 0.15) is 10.4 Å². The van der Waals surface area contributed by atoms with E-state index < -0.39 is 5.82 Å². The second-order valence-corrected chi connectivity index (χ2v) is 5.33. The summed E-state index contributed by atoms with van der Waals surface area (Å²) in [7, 11) is 0. The molecule has 0 unspecified atom stereocenters. The molecule has 1 N–H and O–H groups in total. The molecule has 0 aliphatic rings. The van der Waals surface area contributed by atoms with E-state index in [9.17, 15) is 9.18 Å². The number of carbonyl (C=O) groups is 1. The highest BCUT2D eigenvalue weighted by Gasteiger charge is 2.02. The highest BCUT2D eigenvalue weighted by atomic mass is 79.9. The van der Waals surface area contributed by atoms with E-state index in [-0.39, 0.29) is 11.5 Å². The average molecular weight is 355 g/mol. The molecule has 2 aromatic carbocycles. The minimum absolute atomic E-state index is 0.167. The van der Waals surface area contributed by atoms with Gasteiger partial charge in [0.2, 0.25) is 0 Å². The van der Waals surface area contributed by atoms with Crippen molar-refractivity contribution in [1.29, 1.82) is 0 Å². The van der Waals surface area contributed by atoms with E-state index in [1.165, 1.54) is 24.4 Å². The Morgan fingerprint density at radius 2 is 1.90 bits per heavy atom. The number of carbonyl (C=O) groups excluding carboxylic acids is 1. The van der Waals surface area contributed by atoms with Gasteiger partial charge in [-0.1, -0.05) is 27.5 Å². The van der Waals surface area contributed by atoms with Gasteiger partial charge in [0.05, 0.1) is 5.69 Å². The first-order chi connectivity index (χ1) is 9.56. The van der Waals surface area contributed by atoms with Crippen molar-refractivity contribution in [2.75, 3.05) is 5.32 Å². The van der Waals surface area contributed by atoms with Crippen molar-refractivity contribution in [2.45, 2.75) is 0 Å². The first kappa shape index (κ1) is 14.8. The summed E-state index contributed by atoms with van der Waals surface area (Å²) in [6, 6.07) is 11.3. The second-order valence-electron chi connectivity index (χ2n) is 3.97. The number of benzene rings is 2. The van der Waals surface area contributed by atoms with E-state index in [0.717, 1.165) is 4.47 Å². The van der Waals surface area contributed by atoms with Crippen LogP contribution in [0.25, 0.3) is 0 Å². The van der Waals surface area contributed by atoms with Gasteiger partial charge in [0.1, 0.15) is 5.82 Å². The molecule has 2 rings (SSSR count). The molecule has 0 atom stereocenters. The maximum Gasteiger partial charge on any atom is 0.187 e. The van der Waals surface area contributed by atoms with Crippen molar-refractivity contribution in [2.24, 2.45) is 0 Å². The number of anilines is 1. The van der Waals surface area contributed by atoms with Crippen LogP contribution in [0.4, 0.5) is 10.1 Å². The fourth-order valence-corrected chi connectivity index (χ4v) is 1.95. The number of allylic oxidation sites excluding steroid dienone is 1. The van der Waals surface area contributed by atoms with Gasteiger partial charge >= 0.3 is 0 Å². The number of hydrogen-bond donors (Lipinski definition) is 1. The molecule has 0 amide bonds. The first-order valence-corrected chi connectivity index (χ1v) is 6.91. The lowest BCUT2D eigenvalue weighted by Crippen LogP contribution is -1.97. The number of ketones is 1. The van der Waals surface area contributed by atoms with E-state index in [2.05, 4.69) is 21.2 Å². The normalized spacial score (nSPS) is 10.8. The minimum Gasteiger partial charge on any atom is -0.359 e. The molecule has 0 aliphatic carbocycles. The van der Waals surface area contributed by atoms with Gasteiger partial charge in [-0.3, -0.25) is 4.79 Å². The highest BCUT2D eigenvalue weighted by Crippen LogP contribution is 2.18. The summed E-state index contributed by atoms with van der Waals surface area (Å²) in [5.74, 6) is -0.641. The summed E-state index contributed by atoms with van der Waals surface area (Å²) in [5, 5.41) is 3.03. The molecule has 0 heterocycles. The maximum absolute atomic E-state index is 13.5. The van der Waals surface area contributed by atoms with Crippen LogP contribution in [0.2, 0.25) is 5.02 Å². The van der Waals surface area contributed by atoms with Gasteiger partial charge in [-0.05, 0) is 42.5 Å². The minimum atomic E-state index is -0.474. The molecule has 0 saturated carbocycles. The number of nitrogens with one attached hydrogen (secondary N) is 1. The van der Waals surface area contributed by atoms with Crippen LogP contribution in [-0.4, -0.2) is 5.78 Å². The predicted molar refractivity (Wildman–Crippen MR) is 82.6 cm³/mol. The van der Waals surface area contributed by atoms with Gasteiger partial charge in [-0.25, -0.2) is 4.39 Å². The van der Waals surface area contributed by atoms with E-state index in [0.29, 0.717) is 10.6 Å². The predicted octanol–water partition coefficient (Wildman–Crippen LogP) is 5.05. The Labute approximate surface area is 129 Å². The summed E-state index contributed by atoms with van der Waals surface area (Å²) < 4.78 is 14.4. The number of rotatable bonds is 4. The highest BCUT2D eigenvalue weighted by molar-refractivity contribution is 9.10. The van der Waals surface area contributed by atoms with Crippen LogP contribution in [-0.2, 0) is 0 Å². The van der Waals surface area contributed by atoms with E-state index in [4.69, 9.17) is 11.6 Å². The average Bonchev–Trinajstić information content (AvgIpc) is 2.42. The molecule has 0 spiro atoms. The number of hydrogen-bond acceptors (Lipinski definition) is 2. The molecule has 20 heavy (non-hydrogen) atoms. The maximum atomic E-state index is 13.5. The summed E-state index contributed by atoms with van der Waals surface area (Å²) in [4.78, 5) is 11.8. The summed E-state index contributed by atoms with van der Waals surface area (Å²) in [5.41, 5.74) is 0.817. The van der Waals surface area contributed by atoms with Crippen molar-refractivity contribution in [1.82, 2.24) is 0 Å². The van der Waals surface area contributed by atoms with Crippen LogP contribution in [0, 0.1) is 5.82 Å². The molecule has 102 valence electrons. The smallest absolute Gasteiger partial charge is 0.187 e. The second kappa shape index (κ2) is 6.68. The van der Waals surface area contributed by atoms with Crippen molar-refractivity contribution < 1.29 is 9.18 Å². The third kappa shape index (κ3) is 3.92. The van der Waals surface area contributed by atoms with Crippen molar-refractivity contribution in [3.05, 3.63) is 75.6 Å². The van der Waals surface area contributed by atoms with Gasteiger partial charge in [-0.2, -0.15) is 0 Å². The van der Waals surface area contributed by atoms with E-state index in [1.807, 2.05) is 0 Å². The summed E-state index contributed by atoms with van der Waals surface area (Å²) >= 11 is 8.95. The lowest BCUT2D eigenvalue weighted by atomic mass is 10.1. The Hall–Kier alpha value is -1.65. The fourth-order valence-electron chi connectivity index (χ4n) is 1.52. The fraction of sp³-hybridized carbons (Fsp3) is 0. The molecular formula is C15H10BrClFNO. The van der Waals surface area contributed by atoms with E-state index in [1.54, 1.807) is 30.3 Å². The molecule has 0 bridgehead atoms. The van der Waals surface area contributed by atoms with Gasteiger partial charge in [-0.15, -0.1) is 0 Å². The Balaban J connectivity index is 2.02. The molecule has 0 aromatic heterocycles. The molecule has 0 saturated heterocycles. The zero-order valence-corrected chi connectivity index (χ0v) is 12.6. The van der Waals surface area contributed by atoms with Crippen LogP contribution in [0.5, 0.6) is 0 Å². The zero-order chi connectivity index (χ0) is 14.5. The van der Waals surface area contributed by atoms with Gasteiger partial charge in [0.25, 0.3) is 0 Å². The van der Waals surface area contributed by atoms with E-state index >= 15 is 0 Å². The Kier molecular flexibility index (Phi) is 4.93. The third-order valence-corrected chi connectivity index (χ3v) is 3.30. The van der Waals surface area contributed by atoms with Gasteiger partial charge in [0.15, 0.2) is 5.78 Å². The largest absolute Gasteiger partial charge is 0.359 e. The molecule has 0 fully saturated rings. The summed E-state index contributed by atoms with van der Waals surface area (Å²) in [6.45, 7) is 0. The van der Waals surface area contributed by atoms with Crippen molar-refractivity contribution >= 4 is 39.0 Å². The Morgan fingerprint density at radius 3 is 2.55 bits per heavy atom. The summed E-state index contributed by atoms with van der Waals surface area (Å²) in [6.07, 6.45) is 2.74. The standard InChI is InChI=1S/C15H10BrClFNO/c16-11-3-1-10(2-4-11)15(20)7-8-19-14-6-5-12(17)9-13(14)18/h1-9,19H/b8-7+. The lowest BCUT2D eigenvalue weighted by Gasteiger charge is -2.02. The first-order valence-electron chi connectivity index (χ1n) is 5.74. The van der Waals surface area contributed by atoms with Crippen molar-refractivity contribution in [3.8, 4) is 0 Å². The number of halogens is 3. The SMILES string of the molecule is O=C(/C=C/Nc1ccc(Cl)cc1F)c1ccc(Br)cc1. The molecule has 2 nitrogen and oxygen atoms in total. The molecule has 5 heteroatoms. The monoisotopic (exact) mass is 353 g/mol. The van der Waals surface area contributed by atoms with Crippen LogP contribution >= 0.6 is 27.5 Å². The molecule has 0 radical (unpaired) electrons. The lowest BCUT2D eigenvalue weighted by molar-refractivity contribution is 0.104. The third-order valence-electron chi connectivity index (χ3n) is 2.53. The molecular weight excluding hydrogens is 345 g/mol. The topological polar surface area (TPSA) is 29.1 Å². The molecule has 0 aliphatic heterocycles. The van der Waals surface area contributed by atoms with Crippen LogP contribution in [0.15, 0.2) is 59.2 Å². The van der Waals surface area contributed by atoms with Crippen molar-refractivity contribution in [3.63, 3.8) is 0 Å². The Morgan fingerprint density at radius 1 is 1.20 bits per heavy atom. The quantitative estimate of drug-likeness (QED) is 0.615. The van der Waals surface area contributed by atoms with Gasteiger partial charge in [0, 0.05) is 27.3 Å². The van der Waals surface area contributed by atoms with Crippen LogP contribution in [0.3, 0.4) is 0 Å². The zero-order valence-electron chi connectivity index (χ0n) is 10.2.